The third kappa shape index (κ3) is 2.42. The van der Waals surface area contributed by atoms with Crippen LogP contribution in [0.2, 0.25) is 0 Å². The maximum absolute atomic E-state index is 3.71. The van der Waals surface area contributed by atoms with Crippen LogP contribution in [0.1, 0.15) is 0 Å². The molecule has 1 aromatic carbocycles. The maximum Gasteiger partial charge on any atom is 0.0450 e. The largest absolute Gasteiger partial charge is 0.325 e. The van der Waals surface area contributed by atoms with Crippen LogP contribution < -0.4 is 9.80 Å². The Morgan fingerprint density at radius 3 is 1.06 bits per heavy atom. The Hall–Kier alpha value is -2.22. The van der Waals surface area contributed by atoms with Crippen molar-refractivity contribution >= 4 is 11.4 Å². The van der Waals surface area contributed by atoms with Crippen LogP contribution in [0.25, 0.3) is 0 Å². The van der Waals surface area contributed by atoms with Gasteiger partial charge in [-0.05, 0) is 24.3 Å². The van der Waals surface area contributed by atoms with E-state index in [2.05, 4.69) is 26.3 Å². The second-order valence-electron chi connectivity index (χ2n) is 3.06. The number of nitrogens with zero attached hydrogens (tertiary/aromatic N) is 2. The summed E-state index contributed by atoms with van der Waals surface area (Å²) in [4.78, 5) is 3.69. The molecule has 0 spiro atoms. The first kappa shape index (κ1) is 11.9. The minimum Gasteiger partial charge on any atom is -0.325 e. The van der Waals surface area contributed by atoms with Gasteiger partial charge in [-0.15, -0.1) is 0 Å². The fourth-order valence-corrected chi connectivity index (χ4v) is 1.37. The van der Waals surface area contributed by atoms with Crippen molar-refractivity contribution in [3.05, 3.63) is 75.4 Å². The van der Waals surface area contributed by atoms with E-state index in [1.807, 2.05) is 34.1 Å². The molecular formula is C14H16N2. The highest BCUT2D eigenvalue weighted by Gasteiger charge is 2.00. The molecule has 82 valence electrons. The minimum absolute atomic E-state index is 1.02. The summed E-state index contributed by atoms with van der Waals surface area (Å²) >= 11 is 0. The van der Waals surface area contributed by atoms with Crippen molar-refractivity contribution in [1.82, 2.24) is 0 Å². The van der Waals surface area contributed by atoms with Crippen LogP contribution in [0.4, 0.5) is 11.4 Å². The Bertz CT molecular complexity index is 335. The molecule has 0 saturated heterocycles. The fourth-order valence-electron chi connectivity index (χ4n) is 1.37. The summed E-state index contributed by atoms with van der Waals surface area (Å²) in [5, 5.41) is 0. The summed E-state index contributed by atoms with van der Waals surface area (Å²) in [6.07, 6.45) is 6.84. The van der Waals surface area contributed by atoms with Crippen molar-refractivity contribution < 1.29 is 0 Å². The van der Waals surface area contributed by atoms with Crippen LogP contribution in [0.15, 0.2) is 75.4 Å². The first-order valence-electron chi connectivity index (χ1n) is 4.93. The second kappa shape index (κ2) is 5.61. The van der Waals surface area contributed by atoms with Gasteiger partial charge in [0.25, 0.3) is 0 Å². The normalized spacial score (nSPS) is 9.00. The molecule has 0 aliphatic rings. The van der Waals surface area contributed by atoms with Gasteiger partial charge in [0.1, 0.15) is 0 Å². The average molecular weight is 212 g/mol. The summed E-state index contributed by atoms with van der Waals surface area (Å²) < 4.78 is 0. The average Bonchev–Trinajstić information content (AvgIpc) is 2.34. The van der Waals surface area contributed by atoms with Crippen LogP contribution in [0.5, 0.6) is 0 Å². The third-order valence-corrected chi connectivity index (χ3v) is 2.23. The molecular weight excluding hydrogens is 196 g/mol. The van der Waals surface area contributed by atoms with Crippen LogP contribution in [0.3, 0.4) is 0 Å². The standard InChI is InChI=1S/C14H16N2/c1-5-15(6-2)13-9-11-14(12-10-13)16(7-3)8-4/h5-12H,1-4H2. The van der Waals surface area contributed by atoms with Crippen LogP contribution >= 0.6 is 0 Å². The number of benzene rings is 1. The van der Waals surface area contributed by atoms with E-state index in [-0.39, 0.29) is 0 Å². The molecule has 1 rings (SSSR count). The van der Waals surface area contributed by atoms with Gasteiger partial charge in [-0.2, -0.15) is 0 Å². The number of hydrogen-bond acceptors (Lipinski definition) is 2. The number of hydrogen-bond donors (Lipinski definition) is 0. The van der Waals surface area contributed by atoms with E-state index in [1.165, 1.54) is 0 Å². The molecule has 0 heterocycles. The lowest BCUT2D eigenvalue weighted by Gasteiger charge is -2.18. The van der Waals surface area contributed by atoms with E-state index < -0.39 is 0 Å². The smallest absolute Gasteiger partial charge is 0.0450 e. The molecule has 0 aliphatic heterocycles. The molecule has 0 amide bonds. The van der Waals surface area contributed by atoms with Crippen molar-refractivity contribution in [2.75, 3.05) is 9.80 Å². The van der Waals surface area contributed by atoms with Gasteiger partial charge in [0, 0.05) is 36.2 Å². The van der Waals surface area contributed by atoms with Crippen LogP contribution in [-0.2, 0) is 0 Å². The summed E-state index contributed by atoms with van der Waals surface area (Å²) in [5.41, 5.74) is 2.03. The maximum atomic E-state index is 3.71. The Balaban J connectivity index is 2.97. The van der Waals surface area contributed by atoms with Gasteiger partial charge in [0.15, 0.2) is 0 Å². The zero-order valence-electron chi connectivity index (χ0n) is 9.34. The first-order valence-corrected chi connectivity index (χ1v) is 4.93. The molecule has 0 fully saturated rings. The molecule has 0 saturated carbocycles. The fraction of sp³-hybridized carbons (Fsp3) is 0. The monoisotopic (exact) mass is 212 g/mol. The third-order valence-electron chi connectivity index (χ3n) is 2.23. The van der Waals surface area contributed by atoms with Crippen LogP contribution in [0, 0.1) is 0 Å². The van der Waals surface area contributed by atoms with E-state index >= 15 is 0 Å². The molecule has 0 radical (unpaired) electrons. The van der Waals surface area contributed by atoms with E-state index in [4.69, 9.17) is 0 Å². The van der Waals surface area contributed by atoms with Gasteiger partial charge in [0.2, 0.25) is 0 Å². The lowest BCUT2D eigenvalue weighted by atomic mass is 10.2. The van der Waals surface area contributed by atoms with Gasteiger partial charge in [-0.3, -0.25) is 0 Å². The van der Waals surface area contributed by atoms with Gasteiger partial charge in [-0.25, -0.2) is 0 Å². The molecule has 0 atom stereocenters. The van der Waals surface area contributed by atoms with Crippen molar-refractivity contribution in [2.24, 2.45) is 0 Å². The predicted octanol–water partition coefficient (Wildman–Crippen LogP) is 3.87. The zero-order chi connectivity index (χ0) is 12.0. The lowest BCUT2D eigenvalue weighted by molar-refractivity contribution is 1.26. The quantitative estimate of drug-likeness (QED) is 0.706. The van der Waals surface area contributed by atoms with E-state index in [1.54, 1.807) is 24.8 Å². The molecule has 0 unspecified atom stereocenters. The molecule has 0 bridgehead atoms. The van der Waals surface area contributed by atoms with Crippen LogP contribution in [-0.4, -0.2) is 0 Å². The molecule has 2 nitrogen and oxygen atoms in total. The van der Waals surface area contributed by atoms with Crippen molar-refractivity contribution in [1.29, 1.82) is 0 Å². The van der Waals surface area contributed by atoms with Gasteiger partial charge >= 0.3 is 0 Å². The van der Waals surface area contributed by atoms with Gasteiger partial charge in [-0.1, -0.05) is 26.3 Å². The molecule has 16 heavy (non-hydrogen) atoms. The van der Waals surface area contributed by atoms with E-state index in [0.717, 1.165) is 11.4 Å². The van der Waals surface area contributed by atoms with Gasteiger partial charge < -0.3 is 9.80 Å². The van der Waals surface area contributed by atoms with Crippen molar-refractivity contribution in [2.45, 2.75) is 0 Å². The number of anilines is 2. The summed E-state index contributed by atoms with van der Waals surface area (Å²) in [6.45, 7) is 14.8. The Labute approximate surface area is 97.1 Å². The zero-order valence-corrected chi connectivity index (χ0v) is 9.34. The highest BCUT2D eigenvalue weighted by Crippen LogP contribution is 2.21. The minimum atomic E-state index is 1.02. The van der Waals surface area contributed by atoms with Crippen molar-refractivity contribution in [3.8, 4) is 0 Å². The highest BCUT2D eigenvalue weighted by atomic mass is 15.1. The summed E-state index contributed by atoms with van der Waals surface area (Å²) in [5.74, 6) is 0. The number of rotatable bonds is 6. The Morgan fingerprint density at radius 2 is 0.875 bits per heavy atom. The molecule has 2 heteroatoms. The van der Waals surface area contributed by atoms with Crippen molar-refractivity contribution in [3.63, 3.8) is 0 Å². The van der Waals surface area contributed by atoms with E-state index in [9.17, 15) is 0 Å². The summed E-state index contributed by atoms with van der Waals surface area (Å²) in [6, 6.07) is 7.94. The first-order chi connectivity index (χ1) is 7.76. The lowest BCUT2D eigenvalue weighted by Crippen LogP contribution is -2.07. The molecule has 1 aromatic rings. The SMILES string of the molecule is C=CN(C=C)c1ccc(N(C=C)C=C)cc1. The Morgan fingerprint density at radius 1 is 0.625 bits per heavy atom. The molecule has 0 aliphatic carbocycles. The van der Waals surface area contributed by atoms with E-state index in [0.29, 0.717) is 0 Å². The molecule has 0 aromatic heterocycles. The van der Waals surface area contributed by atoms with Gasteiger partial charge in [0.05, 0.1) is 0 Å². The topological polar surface area (TPSA) is 6.48 Å². The molecule has 0 N–H and O–H groups in total. The highest BCUT2D eigenvalue weighted by molar-refractivity contribution is 5.60. The second-order valence-corrected chi connectivity index (χ2v) is 3.06. The summed E-state index contributed by atoms with van der Waals surface area (Å²) in [7, 11) is 0. The Kier molecular flexibility index (Phi) is 4.16. The predicted molar refractivity (Wildman–Crippen MR) is 72.2 cm³/mol.